The predicted octanol–water partition coefficient (Wildman–Crippen LogP) is 3.93. The molecule has 1 aromatic carbocycles. The number of nitrogens with two attached hydrogens (primary N) is 1. The number of nitrogens with one attached hydrogen (secondary N) is 1. The average molecular weight is 447 g/mol. The van der Waals surface area contributed by atoms with Crippen molar-refractivity contribution in [1.82, 2.24) is 15.0 Å². The number of carboxylic acids is 1. The number of aromatic carboxylic acids is 1. The Bertz CT molecular complexity index is 1190. The normalized spacial score (nSPS) is 11.0. The number of aryl methyl sites for hydroxylation is 1. The van der Waals surface area contributed by atoms with E-state index in [0.717, 1.165) is 17.8 Å². The maximum atomic E-state index is 14.0. The van der Waals surface area contributed by atoms with E-state index >= 15 is 0 Å². The molecule has 0 amide bonds. The minimum absolute atomic E-state index is 0.0883. The van der Waals surface area contributed by atoms with Gasteiger partial charge >= 0.3 is 5.97 Å². The van der Waals surface area contributed by atoms with Crippen LogP contribution in [0.3, 0.4) is 0 Å². The number of anilines is 2. The number of ether oxygens (including phenoxy) is 1. The molecule has 0 saturated carbocycles. The molecule has 0 fully saturated rings. The minimum atomic E-state index is -2.70. The summed E-state index contributed by atoms with van der Waals surface area (Å²) in [6, 6.07) is 4.47. The van der Waals surface area contributed by atoms with Crippen LogP contribution in [0.2, 0.25) is 0 Å². The van der Waals surface area contributed by atoms with Crippen molar-refractivity contribution in [2.24, 2.45) is 0 Å². The van der Waals surface area contributed by atoms with Crippen LogP contribution in [-0.4, -0.2) is 46.1 Å². The first-order valence-electron chi connectivity index (χ1n) is 9.37. The SMILES string of the molecule is COc1ccc(C)c(-c2nc(-c3cc(F)cnc3NCC(F)F)nc(C(=O)O)c2N)c1C. The van der Waals surface area contributed by atoms with Crippen LogP contribution in [0.1, 0.15) is 21.6 Å². The van der Waals surface area contributed by atoms with Gasteiger partial charge in [-0.3, -0.25) is 0 Å². The molecule has 32 heavy (non-hydrogen) atoms. The molecule has 0 aliphatic heterocycles. The second-order valence-corrected chi connectivity index (χ2v) is 6.87. The first kappa shape index (κ1) is 22.8. The summed E-state index contributed by atoms with van der Waals surface area (Å²) in [5.41, 5.74) is 7.27. The molecule has 0 aliphatic rings. The maximum Gasteiger partial charge on any atom is 0.356 e. The highest BCUT2D eigenvalue weighted by Crippen LogP contribution is 2.37. The lowest BCUT2D eigenvalue weighted by Crippen LogP contribution is -2.14. The van der Waals surface area contributed by atoms with E-state index in [1.54, 1.807) is 26.0 Å². The second kappa shape index (κ2) is 9.08. The molecule has 0 saturated heterocycles. The quantitative estimate of drug-likeness (QED) is 0.498. The number of methoxy groups -OCH3 is 1. The van der Waals surface area contributed by atoms with Crippen molar-refractivity contribution in [3.63, 3.8) is 0 Å². The molecule has 2 heterocycles. The molecule has 11 heteroatoms. The van der Waals surface area contributed by atoms with Crippen LogP contribution in [0.25, 0.3) is 22.6 Å². The topological polar surface area (TPSA) is 123 Å². The van der Waals surface area contributed by atoms with Gasteiger partial charge in [-0.25, -0.2) is 32.9 Å². The fraction of sp³-hybridized carbons (Fsp3) is 0.238. The third-order valence-corrected chi connectivity index (χ3v) is 4.75. The number of pyridine rings is 1. The molecule has 3 aromatic rings. The molecule has 0 unspecified atom stereocenters. The Kier molecular flexibility index (Phi) is 6.47. The Morgan fingerprint density at radius 3 is 2.62 bits per heavy atom. The predicted molar refractivity (Wildman–Crippen MR) is 113 cm³/mol. The molecule has 3 rings (SSSR count). The first-order chi connectivity index (χ1) is 15.1. The lowest BCUT2D eigenvalue weighted by atomic mass is 9.97. The van der Waals surface area contributed by atoms with Gasteiger partial charge in [0.2, 0.25) is 0 Å². The Morgan fingerprint density at radius 1 is 1.28 bits per heavy atom. The summed E-state index contributed by atoms with van der Waals surface area (Å²) in [6.07, 6.45) is -1.86. The standard InChI is InChI=1S/C21H20F3N5O3/c1-9-4-5-13(32-3)10(2)15(9)17-16(25)18(21(30)31)29-20(28-17)12-6-11(22)7-26-19(12)27-8-14(23)24/h4-7,14H,8,25H2,1-3H3,(H,26,27)(H,30,31). The summed E-state index contributed by atoms with van der Waals surface area (Å²) in [4.78, 5) is 24.0. The highest BCUT2D eigenvalue weighted by molar-refractivity contribution is 5.97. The maximum absolute atomic E-state index is 14.0. The molecule has 0 aliphatic carbocycles. The molecule has 4 N–H and O–H groups in total. The zero-order chi connectivity index (χ0) is 23.6. The Morgan fingerprint density at radius 2 is 2.00 bits per heavy atom. The van der Waals surface area contributed by atoms with Gasteiger partial charge in [0.1, 0.15) is 17.4 Å². The van der Waals surface area contributed by atoms with E-state index in [1.165, 1.54) is 7.11 Å². The first-order valence-corrected chi connectivity index (χ1v) is 9.37. The Hall–Kier alpha value is -3.89. The zero-order valence-corrected chi connectivity index (χ0v) is 17.4. The summed E-state index contributed by atoms with van der Waals surface area (Å²) in [6.45, 7) is 2.78. The molecule has 0 bridgehead atoms. The van der Waals surface area contributed by atoms with Gasteiger partial charge in [-0.15, -0.1) is 0 Å². The molecule has 0 radical (unpaired) electrons. The van der Waals surface area contributed by atoms with Crippen LogP contribution in [0.5, 0.6) is 5.75 Å². The van der Waals surface area contributed by atoms with Gasteiger partial charge < -0.3 is 20.9 Å². The number of nitrogen functional groups attached to an aromatic ring is 1. The summed E-state index contributed by atoms with van der Waals surface area (Å²) >= 11 is 0. The summed E-state index contributed by atoms with van der Waals surface area (Å²) in [5, 5.41) is 12.0. The van der Waals surface area contributed by atoms with Crippen LogP contribution < -0.4 is 15.8 Å². The van der Waals surface area contributed by atoms with Crippen molar-refractivity contribution in [1.29, 1.82) is 0 Å². The van der Waals surface area contributed by atoms with Crippen LogP contribution >= 0.6 is 0 Å². The molecule has 8 nitrogen and oxygen atoms in total. The average Bonchev–Trinajstić information content (AvgIpc) is 2.73. The largest absolute Gasteiger partial charge is 0.496 e. The van der Waals surface area contributed by atoms with E-state index in [2.05, 4.69) is 20.3 Å². The van der Waals surface area contributed by atoms with Crippen molar-refractivity contribution >= 4 is 17.5 Å². The number of halogens is 3. The fourth-order valence-electron chi connectivity index (χ4n) is 3.28. The lowest BCUT2D eigenvalue weighted by Gasteiger charge is -2.17. The van der Waals surface area contributed by atoms with Crippen molar-refractivity contribution in [2.45, 2.75) is 20.3 Å². The number of alkyl halides is 2. The summed E-state index contributed by atoms with van der Waals surface area (Å²) < 4.78 is 44.7. The number of aromatic nitrogens is 3. The van der Waals surface area contributed by atoms with Crippen LogP contribution in [0, 0.1) is 19.7 Å². The number of rotatable bonds is 7. The molecule has 0 spiro atoms. The van der Waals surface area contributed by atoms with E-state index in [1.807, 2.05) is 0 Å². The van der Waals surface area contributed by atoms with Crippen molar-refractivity contribution in [3.8, 4) is 28.4 Å². The number of benzene rings is 1. The van der Waals surface area contributed by atoms with Gasteiger partial charge in [-0.2, -0.15) is 0 Å². The Balaban J connectivity index is 2.32. The number of hydrogen-bond acceptors (Lipinski definition) is 7. The van der Waals surface area contributed by atoms with E-state index in [4.69, 9.17) is 10.5 Å². The molecule has 0 atom stereocenters. The van der Waals surface area contributed by atoms with Crippen LogP contribution in [0.15, 0.2) is 24.4 Å². The lowest BCUT2D eigenvalue weighted by molar-refractivity contribution is 0.0691. The monoisotopic (exact) mass is 447 g/mol. The van der Waals surface area contributed by atoms with Crippen LogP contribution in [0.4, 0.5) is 24.7 Å². The van der Waals surface area contributed by atoms with Crippen molar-refractivity contribution < 1.29 is 27.8 Å². The van der Waals surface area contributed by atoms with E-state index < -0.39 is 30.5 Å². The fourth-order valence-corrected chi connectivity index (χ4v) is 3.28. The third-order valence-electron chi connectivity index (χ3n) is 4.75. The van der Waals surface area contributed by atoms with Gasteiger partial charge in [0.25, 0.3) is 6.43 Å². The highest BCUT2D eigenvalue weighted by Gasteiger charge is 2.24. The van der Waals surface area contributed by atoms with Crippen LogP contribution in [-0.2, 0) is 0 Å². The van der Waals surface area contributed by atoms with Gasteiger partial charge in [0.15, 0.2) is 11.5 Å². The molecular weight excluding hydrogens is 427 g/mol. The second-order valence-electron chi connectivity index (χ2n) is 6.87. The number of carbonyl (C=O) groups is 1. The van der Waals surface area contributed by atoms with E-state index in [0.29, 0.717) is 16.9 Å². The molecular formula is C21H20F3N5O3. The summed E-state index contributed by atoms with van der Waals surface area (Å²) in [5.74, 6) is -2.06. The van der Waals surface area contributed by atoms with Gasteiger partial charge in [-0.05, 0) is 31.5 Å². The van der Waals surface area contributed by atoms with Gasteiger partial charge in [0.05, 0.1) is 36.8 Å². The molecule has 2 aromatic heterocycles. The number of carboxylic acid groups (broad SMARTS) is 1. The number of nitrogens with zero attached hydrogens (tertiary/aromatic N) is 3. The summed E-state index contributed by atoms with van der Waals surface area (Å²) in [7, 11) is 1.48. The van der Waals surface area contributed by atoms with E-state index in [-0.39, 0.29) is 28.6 Å². The van der Waals surface area contributed by atoms with Crippen molar-refractivity contribution in [2.75, 3.05) is 24.7 Å². The minimum Gasteiger partial charge on any atom is -0.496 e. The molecule has 168 valence electrons. The number of hydrogen-bond donors (Lipinski definition) is 3. The zero-order valence-electron chi connectivity index (χ0n) is 17.4. The van der Waals surface area contributed by atoms with E-state index in [9.17, 15) is 23.1 Å². The van der Waals surface area contributed by atoms with Gasteiger partial charge in [0, 0.05) is 11.1 Å². The smallest absolute Gasteiger partial charge is 0.356 e. The van der Waals surface area contributed by atoms with Gasteiger partial charge in [-0.1, -0.05) is 6.07 Å². The highest BCUT2D eigenvalue weighted by atomic mass is 19.3. The van der Waals surface area contributed by atoms with Crippen molar-refractivity contribution in [3.05, 3.63) is 47.0 Å². The third kappa shape index (κ3) is 4.41. The Labute approximate surface area is 181 Å².